The first-order valence-electron chi connectivity index (χ1n) is 8.71. The van der Waals surface area contributed by atoms with E-state index in [1.807, 2.05) is 24.3 Å². The van der Waals surface area contributed by atoms with Gasteiger partial charge in [0.2, 0.25) is 5.91 Å². The molecular weight excluding hydrogens is 358 g/mol. The Bertz CT molecular complexity index is 745. The van der Waals surface area contributed by atoms with Gasteiger partial charge in [-0.3, -0.25) is 4.79 Å². The van der Waals surface area contributed by atoms with Gasteiger partial charge >= 0.3 is 0 Å². The molecule has 1 N–H and O–H groups in total. The molecule has 0 unspecified atom stereocenters. The predicted octanol–water partition coefficient (Wildman–Crippen LogP) is 0.461. The Labute approximate surface area is 154 Å². The summed E-state index contributed by atoms with van der Waals surface area (Å²) in [6, 6.07) is 7.44. The van der Waals surface area contributed by atoms with Gasteiger partial charge in [-0.15, -0.1) is 0 Å². The van der Waals surface area contributed by atoms with Crippen molar-refractivity contribution in [1.29, 1.82) is 0 Å². The van der Waals surface area contributed by atoms with Crippen LogP contribution in [0.2, 0.25) is 0 Å². The number of hydrogen-bond donors (Lipinski definition) is 1. The molecule has 1 fully saturated rings. The summed E-state index contributed by atoms with van der Waals surface area (Å²) in [5.74, 6) is 1.15. The van der Waals surface area contributed by atoms with Gasteiger partial charge in [-0.25, -0.2) is 0 Å². The van der Waals surface area contributed by atoms with Crippen molar-refractivity contribution < 1.29 is 22.7 Å². The Hall–Kier alpha value is -1.84. The summed E-state index contributed by atoms with van der Waals surface area (Å²) in [5, 5.41) is 2.91. The van der Waals surface area contributed by atoms with Crippen LogP contribution in [0.3, 0.4) is 0 Å². The second-order valence-electron chi connectivity index (χ2n) is 6.71. The molecule has 2 heterocycles. The standard InChI is InChI=1S/C17H25N3O5S/c1-19(2)26(22,23)20-9-7-13(8-10-20)17(21)18-11-14-12-24-15-5-3-4-6-16(15)25-14/h3-6,13-14H,7-12H2,1-2H3,(H,18,21)/t14-/m1/s1. The third-order valence-electron chi connectivity index (χ3n) is 4.68. The fraction of sp³-hybridized carbons (Fsp3) is 0.588. The Balaban J connectivity index is 1.45. The zero-order valence-electron chi connectivity index (χ0n) is 15.1. The average molecular weight is 383 g/mol. The topological polar surface area (TPSA) is 88.2 Å². The molecule has 3 rings (SSSR count). The summed E-state index contributed by atoms with van der Waals surface area (Å²) < 4.78 is 38.3. The molecule has 0 spiro atoms. The highest BCUT2D eigenvalue weighted by molar-refractivity contribution is 7.86. The van der Waals surface area contributed by atoms with Gasteiger partial charge in [-0.05, 0) is 25.0 Å². The molecule has 9 heteroatoms. The normalized spacial score (nSPS) is 21.6. The number of nitrogens with zero attached hydrogens (tertiary/aromatic N) is 2. The number of piperidine rings is 1. The maximum Gasteiger partial charge on any atom is 0.281 e. The Kier molecular flexibility index (Phi) is 5.69. The van der Waals surface area contributed by atoms with E-state index in [1.165, 1.54) is 22.7 Å². The van der Waals surface area contributed by atoms with Crippen molar-refractivity contribution in [3.8, 4) is 11.5 Å². The SMILES string of the molecule is CN(C)S(=O)(=O)N1CCC(C(=O)NC[C@@H]2COc3ccccc3O2)CC1. The van der Waals surface area contributed by atoms with Gasteiger partial charge in [0.05, 0.1) is 6.54 Å². The second kappa shape index (κ2) is 7.81. The second-order valence-corrected chi connectivity index (χ2v) is 8.85. The predicted molar refractivity (Wildman–Crippen MR) is 96.3 cm³/mol. The molecule has 1 atom stereocenters. The lowest BCUT2D eigenvalue weighted by Gasteiger charge is -2.32. The lowest BCUT2D eigenvalue weighted by atomic mass is 9.97. The minimum absolute atomic E-state index is 0.0608. The maximum atomic E-state index is 12.4. The molecule has 0 saturated carbocycles. The molecule has 26 heavy (non-hydrogen) atoms. The van der Waals surface area contributed by atoms with E-state index in [0.717, 1.165) is 0 Å². The Morgan fingerprint density at radius 3 is 2.54 bits per heavy atom. The molecule has 144 valence electrons. The van der Waals surface area contributed by atoms with Gasteiger partial charge in [-0.2, -0.15) is 17.0 Å². The van der Waals surface area contributed by atoms with Crippen LogP contribution in [0.15, 0.2) is 24.3 Å². The number of fused-ring (bicyclic) bond motifs is 1. The lowest BCUT2D eigenvalue weighted by molar-refractivity contribution is -0.126. The van der Waals surface area contributed by atoms with Crippen molar-refractivity contribution in [2.24, 2.45) is 5.92 Å². The van der Waals surface area contributed by atoms with E-state index in [9.17, 15) is 13.2 Å². The minimum Gasteiger partial charge on any atom is -0.486 e. The molecular formula is C17H25N3O5S. The molecule has 2 aliphatic heterocycles. The number of para-hydroxylation sites is 2. The van der Waals surface area contributed by atoms with Crippen molar-refractivity contribution in [2.75, 3.05) is 40.3 Å². The van der Waals surface area contributed by atoms with Gasteiger partial charge in [0, 0.05) is 33.1 Å². The molecule has 8 nitrogen and oxygen atoms in total. The van der Waals surface area contributed by atoms with Crippen LogP contribution in [-0.2, 0) is 15.0 Å². The zero-order valence-corrected chi connectivity index (χ0v) is 15.9. The third-order valence-corrected chi connectivity index (χ3v) is 6.62. The van der Waals surface area contributed by atoms with Crippen LogP contribution >= 0.6 is 0 Å². The number of carbonyl (C=O) groups excluding carboxylic acids is 1. The highest BCUT2D eigenvalue weighted by Gasteiger charge is 2.32. The van der Waals surface area contributed by atoms with Crippen molar-refractivity contribution >= 4 is 16.1 Å². The molecule has 1 aromatic carbocycles. The van der Waals surface area contributed by atoms with E-state index in [2.05, 4.69) is 5.32 Å². The molecule has 1 amide bonds. The third kappa shape index (κ3) is 4.11. The van der Waals surface area contributed by atoms with Gasteiger partial charge in [0.15, 0.2) is 11.5 Å². The fourth-order valence-electron chi connectivity index (χ4n) is 3.10. The average Bonchev–Trinajstić information content (AvgIpc) is 2.66. The number of carbonyl (C=O) groups is 1. The van der Waals surface area contributed by atoms with E-state index >= 15 is 0 Å². The van der Waals surface area contributed by atoms with Gasteiger partial charge in [-0.1, -0.05) is 12.1 Å². The molecule has 1 saturated heterocycles. The van der Waals surface area contributed by atoms with Crippen LogP contribution < -0.4 is 14.8 Å². The van der Waals surface area contributed by atoms with Crippen LogP contribution in [0.4, 0.5) is 0 Å². The van der Waals surface area contributed by atoms with Crippen LogP contribution in [0.25, 0.3) is 0 Å². The van der Waals surface area contributed by atoms with E-state index in [0.29, 0.717) is 50.6 Å². The van der Waals surface area contributed by atoms with E-state index in [-0.39, 0.29) is 17.9 Å². The summed E-state index contributed by atoms with van der Waals surface area (Å²) in [7, 11) is -0.384. The van der Waals surface area contributed by atoms with Gasteiger partial charge < -0.3 is 14.8 Å². The molecule has 0 bridgehead atoms. The first-order valence-corrected chi connectivity index (χ1v) is 10.1. The van der Waals surface area contributed by atoms with Crippen molar-refractivity contribution in [1.82, 2.24) is 13.9 Å². The fourth-order valence-corrected chi connectivity index (χ4v) is 4.24. The molecule has 1 aromatic rings. The summed E-state index contributed by atoms with van der Waals surface area (Å²) in [6.07, 6.45) is 0.802. The quantitative estimate of drug-likeness (QED) is 0.798. The van der Waals surface area contributed by atoms with Gasteiger partial charge in [0.1, 0.15) is 12.7 Å². The first-order chi connectivity index (χ1) is 12.4. The smallest absolute Gasteiger partial charge is 0.281 e. The van der Waals surface area contributed by atoms with Crippen LogP contribution in [-0.4, -0.2) is 69.4 Å². The van der Waals surface area contributed by atoms with Crippen LogP contribution in [0.5, 0.6) is 11.5 Å². The zero-order chi connectivity index (χ0) is 18.7. The molecule has 0 radical (unpaired) electrons. The monoisotopic (exact) mass is 383 g/mol. The number of rotatable bonds is 5. The molecule has 0 aromatic heterocycles. The number of hydrogen-bond acceptors (Lipinski definition) is 5. The number of benzene rings is 1. The van der Waals surface area contributed by atoms with E-state index in [4.69, 9.17) is 9.47 Å². The number of amides is 1. The lowest BCUT2D eigenvalue weighted by Crippen LogP contribution is -2.48. The number of nitrogens with one attached hydrogen (secondary N) is 1. The Morgan fingerprint density at radius 1 is 1.23 bits per heavy atom. The highest BCUT2D eigenvalue weighted by Crippen LogP contribution is 2.30. The van der Waals surface area contributed by atoms with E-state index in [1.54, 1.807) is 0 Å². The van der Waals surface area contributed by atoms with Crippen molar-refractivity contribution in [3.63, 3.8) is 0 Å². The molecule has 2 aliphatic rings. The van der Waals surface area contributed by atoms with Crippen LogP contribution in [0, 0.1) is 5.92 Å². The summed E-state index contributed by atoms with van der Waals surface area (Å²) in [6.45, 7) is 1.46. The molecule has 0 aliphatic carbocycles. The summed E-state index contributed by atoms with van der Waals surface area (Å²) in [4.78, 5) is 12.4. The minimum atomic E-state index is -3.41. The van der Waals surface area contributed by atoms with E-state index < -0.39 is 10.2 Å². The maximum absolute atomic E-state index is 12.4. The number of ether oxygens (including phenoxy) is 2. The van der Waals surface area contributed by atoms with Crippen molar-refractivity contribution in [2.45, 2.75) is 18.9 Å². The first kappa shape index (κ1) is 18.9. The summed E-state index contributed by atoms with van der Waals surface area (Å²) in [5.41, 5.74) is 0. The Morgan fingerprint density at radius 2 is 1.88 bits per heavy atom. The largest absolute Gasteiger partial charge is 0.486 e. The highest BCUT2D eigenvalue weighted by atomic mass is 32.2. The van der Waals surface area contributed by atoms with Gasteiger partial charge in [0.25, 0.3) is 10.2 Å². The summed E-state index contributed by atoms with van der Waals surface area (Å²) >= 11 is 0. The van der Waals surface area contributed by atoms with Crippen molar-refractivity contribution in [3.05, 3.63) is 24.3 Å². The van der Waals surface area contributed by atoms with Crippen LogP contribution in [0.1, 0.15) is 12.8 Å².